The molecule has 0 N–H and O–H groups in total. The van der Waals surface area contributed by atoms with Gasteiger partial charge < -0.3 is 0 Å². The highest BCUT2D eigenvalue weighted by molar-refractivity contribution is 9.08. The highest BCUT2D eigenvalue weighted by atomic mass is 79.9. The lowest BCUT2D eigenvalue weighted by molar-refractivity contribution is 0.617. The molecule has 0 unspecified atom stereocenters. The van der Waals surface area contributed by atoms with Crippen LogP contribution in [0.2, 0.25) is 5.02 Å². The number of rotatable bonds is 1. The molecule has 1 rings (SSSR count). The van der Waals surface area contributed by atoms with E-state index in [4.69, 9.17) is 11.6 Å². The van der Waals surface area contributed by atoms with Gasteiger partial charge in [-0.05, 0) is 18.1 Å². The van der Waals surface area contributed by atoms with E-state index in [0.717, 1.165) is 5.56 Å². The van der Waals surface area contributed by atoms with Crippen molar-refractivity contribution in [1.82, 2.24) is 0 Å². The van der Waals surface area contributed by atoms with Crippen molar-refractivity contribution in [2.24, 2.45) is 0 Å². The fourth-order valence-electron chi connectivity index (χ4n) is 0.789. The Morgan fingerprint density at radius 3 is 2.73 bits per heavy atom. The molecular formula is C8H7BrClF. The normalized spacial score (nSPS) is 10.2. The molecule has 0 aliphatic carbocycles. The van der Waals surface area contributed by atoms with Gasteiger partial charge in [0.25, 0.3) is 0 Å². The van der Waals surface area contributed by atoms with E-state index < -0.39 is 0 Å². The molecule has 0 aliphatic heterocycles. The Labute approximate surface area is 78.5 Å². The van der Waals surface area contributed by atoms with Crippen LogP contribution in [0.15, 0.2) is 12.1 Å². The summed E-state index contributed by atoms with van der Waals surface area (Å²) in [5.74, 6) is -0.316. The third-order valence-corrected chi connectivity index (χ3v) is 2.57. The minimum atomic E-state index is -0.316. The smallest absolute Gasteiger partial charge is 0.146 e. The van der Waals surface area contributed by atoms with Crippen LogP contribution >= 0.6 is 27.5 Å². The zero-order valence-electron chi connectivity index (χ0n) is 6.00. The fourth-order valence-corrected chi connectivity index (χ4v) is 1.41. The number of benzene rings is 1. The third-order valence-electron chi connectivity index (χ3n) is 1.50. The Hall–Kier alpha value is -0.0800. The van der Waals surface area contributed by atoms with Crippen molar-refractivity contribution in [1.29, 1.82) is 0 Å². The van der Waals surface area contributed by atoms with Crippen molar-refractivity contribution < 1.29 is 4.39 Å². The third kappa shape index (κ3) is 1.74. The quantitative estimate of drug-likeness (QED) is 0.654. The number of alkyl halides is 1. The van der Waals surface area contributed by atoms with E-state index in [9.17, 15) is 4.39 Å². The molecule has 0 spiro atoms. The molecule has 3 heteroatoms. The molecule has 1 aromatic rings. The first-order valence-corrected chi connectivity index (χ1v) is 4.66. The van der Waals surface area contributed by atoms with Crippen molar-refractivity contribution in [3.05, 3.63) is 34.1 Å². The Balaban J connectivity index is 3.25. The molecule has 0 nitrogen and oxygen atoms in total. The zero-order valence-corrected chi connectivity index (χ0v) is 8.34. The Morgan fingerprint density at radius 1 is 1.55 bits per heavy atom. The highest BCUT2D eigenvalue weighted by Crippen LogP contribution is 2.23. The van der Waals surface area contributed by atoms with Crippen LogP contribution in [0.1, 0.15) is 11.1 Å². The maximum atomic E-state index is 13.1. The standard InChI is InChI=1S/C8H7BrClF/c1-5-2-3-6(4-9)8(11)7(5)10/h2-3H,4H2,1H3. The molecule has 0 fully saturated rings. The van der Waals surface area contributed by atoms with E-state index in [1.165, 1.54) is 0 Å². The zero-order chi connectivity index (χ0) is 8.43. The van der Waals surface area contributed by atoms with Crippen LogP contribution in [-0.4, -0.2) is 0 Å². The summed E-state index contributed by atoms with van der Waals surface area (Å²) in [6.45, 7) is 1.78. The van der Waals surface area contributed by atoms with Crippen LogP contribution in [-0.2, 0) is 5.33 Å². The van der Waals surface area contributed by atoms with Crippen molar-refractivity contribution >= 4 is 27.5 Å². The summed E-state index contributed by atoms with van der Waals surface area (Å²) in [6.07, 6.45) is 0. The van der Waals surface area contributed by atoms with Gasteiger partial charge in [0.2, 0.25) is 0 Å². The van der Waals surface area contributed by atoms with Gasteiger partial charge in [0.05, 0.1) is 5.02 Å². The first kappa shape index (κ1) is 9.01. The van der Waals surface area contributed by atoms with Gasteiger partial charge in [-0.2, -0.15) is 0 Å². The van der Waals surface area contributed by atoms with Crippen LogP contribution in [0.3, 0.4) is 0 Å². The molecule has 0 bridgehead atoms. The van der Waals surface area contributed by atoms with E-state index in [2.05, 4.69) is 15.9 Å². The minimum absolute atomic E-state index is 0.224. The molecule has 11 heavy (non-hydrogen) atoms. The minimum Gasteiger partial charge on any atom is -0.205 e. The molecule has 0 saturated heterocycles. The SMILES string of the molecule is Cc1ccc(CBr)c(F)c1Cl. The molecule has 0 aromatic heterocycles. The van der Waals surface area contributed by atoms with Crippen LogP contribution in [0.4, 0.5) is 4.39 Å². The van der Waals surface area contributed by atoms with Gasteiger partial charge >= 0.3 is 0 Å². The van der Waals surface area contributed by atoms with Crippen molar-refractivity contribution in [2.75, 3.05) is 0 Å². The van der Waals surface area contributed by atoms with Gasteiger partial charge in [-0.3, -0.25) is 0 Å². The van der Waals surface area contributed by atoms with Gasteiger partial charge in [-0.25, -0.2) is 4.39 Å². The van der Waals surface area contributed by atoms with Gasteiger partial charge in [0.1, 0.15) is 5.82 Å². The summed E-state index contributed by atoms with van der Waals surface area (Å²) < 4.78 is 13.1. The average Bonchev–Trinajstić information content (AvgIpc) is 2.01. The Morgan fingerprint density at radius 2 is 2.18 bits per heavy atom. The molecule has 0 amide bonds. The second kappa shape index (κ2) is 3.55. The molecule has 60 valence electrons. The molecule has 0 atom stereocenters. The topological polar surface area (TPSA) is 0 Å². The van der Waals surface area contributed by atoms with Crippen LogP contribution < -0.4 is 0 Å². The van der Waals surface area contributed by atoms with Crippen LogP contribution in [0.25, 0.3) is 0 Å². The maximum absolute atomic E-state index is 13.1. The van der Waals surface area contributed by atoms with Crippen molar-refractivity contribution in [3.8, 4) is 0 Å². The van der Waals surface area contributed by atoms with E-state index >= 15 is 0 Å². The predicted molar refractivity (Wildman–Crippen MR) is 48.8 cm³/mol. The number of hydrogen-bond acceptors (Lipinski definition) is 0. The molecule has 0 saturated carbocycles. The summed E-state index contributed by atoms with van der Waals surface area (Å²) >= 11 is 8.83. The highest BCUT2D eigenvalue weighted by Gasteiger charge is 2.06. The van der Waals surface area contributed by atoms with E-state index in [1.807, 2.05) is 6.07 Å². The Bertz CT molecular complexity index is 273. The second-order valence-corrected chi connectivity index (χ2v) is 3.24. The summed E-state index contributed by atoms with van der Waals surface area (Å²) in [6, 6.07) is 3.54. The van der Waals surface area contributed by atoms with Gasteiger partial charge in [0.15, 0.2) is 0 Å². The van der Waals surface area contributed by atoms with Crippen LogP contribution in [0, 0.1) is 12.7 Å². The average molecular weight is 237 g/mol. The van der Waals surface area contributed by atoms with E-state index in [1.54, 1.807) is 13.0 Å². The van der Waals surface area contributed by atoms with E-state index in [-0.39, 0.29) is 10.8 Å². The van der Waals surface area contributed by atoms with Gasteiger partial charge in [-0.15, -0.1) is 0 Å². The first-order chi connectivity index (χ1) is 5.16. The molecule has 0 radical (unpaired) electrons. The van der Waals surface area contributed by atoms with Crippen LogP contribution in [0.5, 0.6) is 0 Å². The lowest BCUT2D eigenvalue weighted by Crippen LogP contribution is -1.88. The Kier molecular flexibility index (Phi) is 2.90. The molecular weight excluding hydrogens is 230 g/mol. The molecule has 0 heterocycles. The largest absolute Gasteiger partial charge is 0.205 e. The van der Waals surface area contributed by atoms with Gasteiger partial charge in [-0.1, -0.05) is 39.7 Å². The van der Waals surface area contributed by atoms with Crippen molar-refractivity contribution in [2.45, 2.75) is 12.3 Å². The fraction of sp³-hybridized carbons (Fsp3) is 0.250. The summed E-state index contributed by atoms with van der Waals surface area (Å²) in [7, 11) is 0. The summed E-state index contributed by atoms with van der Waals surface area (Å²) in [5, 5.41) is 0.723. The summed E-state index contributed by atoms with van der Waals surface area (Å²) in [5.41, 5.74) is 1.37. The monoisotopic (exact) mass is 236 g/mol. The van der Waals surface area contributed by atoms with Crippen molar-refractivity contribution in [3.63, 3.8) is 0 Å². The first-order valence-electron chi connectivity index (χ1n) is 3.16. The number of halogens is 3. The number of hydrogen-bond donors (Lipinski definition) is 0. The number of aryl methyl sites for hydroxylation is 1. The lowest BCUT2D eigenvalue weighted by atomic mass is 10.1. The summed E-state index contributed by atoms with van der Waals surface area (Å²) in [4.78, 5) is 0. The second-order valence-electron chi connectivity index (χ2n) is 2.30. The molecule has 0 aliphatic rings. The van der Waals surface area contributed by atoms with E-state index in [0.29, 0.717) is 10.9 Å². The maximum Gasteiger partial charge on any atom is 0.146 e. The predicted octanol–water partition coefficient (Wildman–Crippen LogP) is 3.68. The van der Waals surface area contributed by atoms with Gasteiger partial charge in [0, 0.05) is 5.33 Å². The lowest BCUT2D eigenvalue weighted by Gasteiger charge is -2.02. The molecule has 1 aromatic carbocycles.